The average Bonchev–Trinajstić information content (AvgIpc) is 2.65. The lowest BCUT2D eigenvalue weighted by molar-refractivity contribution is -0.133. The average molecular weight is 371 g/mol. The van der Waals surface area contributed by atoms with Crippen molar-refractivity contribution in [2.24, 2.45) is 5.73 Å². The zero-order chi connectivity index (χ0) is 19.4. The van der Waals surface area contributed by atoms with E-state index in [1.54, 1.807) is 18.1 Å². The van der Waals surface area contributed by atoms with Gasteiger partial charge in [0.2, 0.25) is 5.91 Å². The van der Waals surface area contributed by atoms with Crippen molar-refractivity contribution >= 4 is 22.5 Å². The van der Waals surface area contributed by atoms with Gasteiger partial charge in [-0.05, 0) is 44.9 Å². The number of carbonyl (C=O) groups excluding carboxylic acids is 1. The summed E-state index contributed by atoms with van der Waals surface area (Å²) in [6.45, 7) is 4.32. The Hall–Kier alpha value is -2.25. The Morgan fingerprint density at radius 3 is 2.85 bits per heavy atom. The predicted molar refractivity (Wildman–Crippen MR) is 107 cm³/mol. The van der Waals surface area contributed by atoms with Crippen molar-refractivity contribution in [2.75, 3.05) is 38.1 Å². The summed E-state index contributed by atoms with van der Waals surface area (Å²) < 4.78 is 0. The van der Waals surface area contributed by atoms with Crippen molar-refractivity contribution in [1.29, 1.82) is 0 Å². The standard InChI is InChI=1S/C20H29N5O2/c1-15-12-18(16-13-22-9-5-17(16)23-15)25-10-6-20(27,7-11-25)14-24(2)19(26)4-3-8-21/h5,9,12-13,27H,3-4,6-8,10-11,14,21H2,1-2H3. The molecule has 0 radical (unpaired) electrons. The molecule has 0 spiro atoms. The fourth-order valence-corrected chi connectivity index (χ4v) is 3.74. The molecular formula is C20H29N5O2. The molecule has 3 N–H and O–H groups in total. The molecule has 2 aromatic heterocycles. The molecule has 0 atom stereocenters. The predicted octanol–water partition coefficient (Wildman–Crippen LogP) is 1.47. The molecule has 1 aliphatic heterocycles. The molecule has 3 heterocycles. The van der Waals surface area contributed by atoms with Crippen molar-refractivity contribution in [3.63, 3.8) is 0 Å². The van der Waals surface area contributed by atoms with Crippen LogP contribution in [0.1, 0.15) is 31.4 Å². The van der Waals surface area contributed by atoms with E-state index < -0.39 is 5.60 Å². The number of nitrogens with two attached hydrogens (primary N) is 1. The molecule has 0 aromatic carbocycles. The van der Waals surface area contributed by atoms with Crippen LogP contribution in [0.2, 0.25) is 0 Å². The highest BCUT2D eigenvalue weighted by Gasteiger charge is 2.34. The first-order chi connectivity index (χ1) is 12.9. The van der Waals surface area contributed by atoms with E-state index in [0.29, 0.717) is 38.8 Å². The zero-order valence-electron chi connectivity index (χ0n) is 16.2. The van der Waals surface area contributed by atoms with Crippen LogP contribution in [0, 0.1) is 6.92 Å². The normalized spacial score (nSPS) is 16.5. The highest BCUT2D eigenvalue weighted by atomic mass is 16.3. The molecular weight excluding hydrogens is 342 g/mol. The Kier molecular flexibility index (Phi) is 5.92. The molecule has 7 nitrogen and oxygen atoms in total. The Balaban J connectivity index is 1.67. The quantitative estimate of drug-likeness (QED) is 0.798. The highest BCUT2D eigenvalue weighted by molar-refractivity contribution is 5.91. The van der Waals surface area contributed by atoms with Crippen LogP contribution >= 0.6 is 0 Å². The summed E-state index contributed by atoms with van der Waals surface area (Å²) in [6.07, 6.45) is 5.95. The number of pyridine rings is 2. The fraction of sp³-hybridized carbons (Fsp3) is 0.550. The van der Waals surface area contributed by atoms with Crippen LogP contribution in [0.4, 0.5) is 5.69 Å². The molecule has 0 unspecified atom stereocenters. The number of aryl methyl sites for hydroxylation is 1. The van der Waals surface area contributed by atoms with Gasteiger partial charge in [0.15, 0.2) is 0 Å². The Bertz CT molecular complexity index is 802. The molecule has 7 heteroatoms. The molecule has 1 aliphatic rings. The first-order valence-corrected chi connectivity index (χ1v) is 9.54. The van der Waals surface area contributed by atoms with Crippen molar-refractivity contribution in [2.45, 2.75) is 38.2 Å². The van der Waals surface area contributed by atoms with Crippen molar-refractivity contribution in [3.8, 4) is 0 Å². The number of anilines is 1. The van der Waals surface area contributed by atoms with E-state index in [4.69, 9.17) is 5.73 Å². The van der Waals surface area contributed by atoms with Gasteiger partial charge < -0.3 is 20.6 Å². The number of aliphatic hydroxyl groups is 1. The number of aromatic nitrogens is 2. The van der Waals surface area contributed by atoms with Crippen LogP contribution < -0.4 is 10.6 Å². The maximum Gasteiger partial charge on any atom is 0.222 e. The Morgan fingerprint density at radius 1 is 1.41 bits per heavy atom. The molecule has 2 aromatic rings. The van der Waals surface area contributed by atoms with E-state index in [-0.39, 0.29) is 5.91 Å². The highest BCUT2D eigenvalue weighted by Crippen LogP contribution is 2.31. The number of rotatable bonds is 6. The van der Waals surface area contributed by atoms with Crippen molar-refractivity contribution in [3.05, 3.63) is 30.2 Å². The van der Waals surface area contributed by atoms with Gasteiger partial charge in [0.1, 0.15) is 0 Å². The van der Waals surface area contributed by atoms with E-state index in [1.807, 2.05) is 19.2 Å². The van der Waals surface area contributed by atoms with Gasteiger partial charge in [-0.25, -0.2) is 0 Å². The van der Waals surface area contributed by atoms with Crippen molar-refractivity contribution < 1.29 is 9.90 Å². The number of carbonyl (C=O) groups is 1. The van der Waals surface area contributed by atoms with Gasteiger partial charge >= 0.3 is 0 Å². The number of amides is 1. The monoisotopic (exact) mass is 371 g/mol. The molecule has 146 valence electrons. The van der Waals surface area contributed by atoms with Crippen LogP contribution in [0.3, 0.4) is 0 Å². The van der Waals surface area contributed by atoms with Crippen LogP contribution in [0.25, 0.3) is 10.9 Å². The minimum Gasteiger partial charge on any atom is -0.388 e. The summed E-state index contributed by atoms with van der Waals surface area (Å²) in [7, 11) is 1.76. The van der Waals surface area contributed by atoms with Crippen LogP contribution in [-0.2, 0) is 4.79 Å². The number of likely N-dealkylation sites (N-methyl/N-ethyl adjacent to an activating group) is 1. The number of nitrogens with zero attached hydrogens (tertiary/aromatic N) is 4. The van der Waals surface area contributed by atoms with Gasteiger partial charge in [0.05, 0.1) is 11.1 Å². The van der Waals surface area contributed by atoms with Crippen LogP contribution in [0.5, 0.6) is 0 Å². The third-order valence-corrected chi connectivity index (χ3v) is 5.30. The number of piperidine rings is 1. The minimum absolute atomic E-state index is 0.0399. The van der Waals surface area contributed by atoms with Gasteiger partial charge in [0, 0.05) is 62.3 Å². The topological polar surface area (TPSA) is 95.6 Å². The summed E-state index contributed by atoms with van der Waals surface area (Å²) in [4.78, 5) is 24.9. The number of hydrogen-bond donors (Lipinski definition) is 2. The van der Waals surface area contributed by atoms with E-state index in [9.17, 15) is 9.90 Å². The Labute approximate surface area is 160 Å². The molecule has 0 bridgehead atoms. The SMILES string of the molecule is Cc1cc(N2CCC(O)(CN(C)C(=O)CCCN)CC2)c2cnccc2n1. The first-order valence-electron chi connectivity index (χ1n) is 9.54. The lowest BCUT2D eigenvalue weighted by Crippen LogP contribution is -2.51. The summed E-state index contributed by atoms with van der Waals surface area (Å²) >= 11 is 0. The van der Waals surface area contributed by atoms with E-state index >= 15 is 0 Å². The summed E-state index contributed by atoms with van der Waals surface area (Å²) in [5, 5.41) is 12.0. The van der Waals surface area contributed by atoms with E-state index in [1.165, 1.54) is 0 Å². The third kappa shape index (κ3) is 4.54. The number of hydrogen-bond acceptors (Lipinski definition) is 6. The van der Waals surface area contributed by atoms with E-state index in [0.717, 1.165) is 35.4 Å². The largest absolute Gasteiger partial charge is 0.388 e. The fourth-order valence-electron chi connectivity index (χ4n) is 3.74. The second-order valence-electron chi connectivity index (χ2n) is 7.53. The van der Waals surface area contributed by atoms with Gasteiger partial charge in [-0.2, -0.15) is 0 Å². The second-order valence-corrected chi connectivity index (χ2v) is 7.53. The summed E-state index contributed by atoms with van der Waals surface area (Å²) in [5.74, 6) is 0.0399. The zero-order valence-corrected chi connectivity index (χ0v) is 16.2. The molecule has 1 amide bonds. The maximum absolute atomic E-state index is 12.1. The lowest BCUT2D eigenvalue weighted by atomic mass is 9.90. The maximum atomic E-state index is 12.1. The third-order valence-electron chi connectivity index (χ3n) is 5.30. The van der Waals surface area contributed by atoms with Gasteiger partial charge in [0.25, 0.3) is 0 Å². The summed E-state index contributed by atoms with van der Waals surface area (Å²) in [5.41, 5.74) is 7.64. The van der Waals surface area contributed by atoms with Crippen LogP contribution in [-0.4, -0.2) is 64.7 Å². The summed E-state index contributed by atoms with van der Waals surface area (Å²) in [6, 6.07) is 4.00. The molecule has 1 saturated heterocycles. The Morgan fingerprint density at radius 2 is 2.15 bits per heavy atom. The molecule has 27 heavy (non-hydrogen) atoms. The van der Waals surface area contributed by atoms with Gasteiger partial charge in [-0.1, -0.05) is 0 Å². The first kappa shape index (κ1) is 19.5. The van der Waals surface area contributed by atoms with E-state index in [2.05, 4.69) is 20.9 Å². The van der Waals surface area contributed by atoms with Crippen molar-refractivity contribution in [1.82, 2.24) is 14.9 Å². The molecule has 0 saturated carbocycles. The lowest BCUT2D eigenvalue weighted by Gasteiger charge is -2.41. The second kappa shape index (κ2) is 8.19. The van der Waals surface area contributed by atoms with Crippen LogP contribution in [0.15, 0.2) is 24.5 Å². The van der Waals surface area contributed by atoms with Gasteiger partial charge in [-0.3, -0.25) is 14.8 Å². The smallest absolute Gasteiger partial charge is 0.222 e. The van der Waals surface area contributed by atoms with Gasteiger partial charge in [-0.15, -0.1) is 0 Å². The molecule has 0 aliphatic carbocycles. The number of fused-ring (bicyclic) bond motifs is 1. The molecule has 1 fully saturated rings. The minimum atomic E-state index is -0.847. The molecule has 3 rings (SSSR count).